The van der Waals surface area contributed by atoms with Crippen molar-refractivity contribution in [3.8, 4) is 0 Å². The van der Waals surface area contributed by atoms with Crippen molar-refractivity contribution in [2.24, 2.45) is 11.8 Å². The monoisotopic (exact) mass is 462 g/mol. The fourth-order valence-electron chi connectivity index (χ4n) is 6.71. The second-order valence-corrected chi connectivity index (χ2v) is 11.7. The third-order valence-corrected chi connectivity index (χ3v) is 8.91. The molecular weight excluding hydrogens is 400 g/mol. The molecule has 2 aliphatic rings. The summed E-state index contributed by atoms with van der Waals surface area (Å²) in [6.07, 6.45) is 33.1. The van der Waals surface area contributed by atoms with Crippen molar-refractivity contribution in [1.29, 1.82) is 0 Å². The van der Waals surface area contributed by atoms with Gasteiger partial charge in [-0.25, -0.2) is 0 Å². The Morgan fingerprint density at radius 2 is 1.21 bits per heavy atom. The smallest absolute Gasteiger partial charge is 0.00696 e. The van der Waals surface area contributed by atoms with Crippen molar-refractivity contribution in [3.05, 3.63) is 0 Å². The van der Waals surface area contributed by atoms with E-state index in [0.29, 0.717) is 0 Å². The number of nitrogens with one attached hydrogen (secondary N) is 2. The highest BCUT2D eigenvalue weighted by atomic mass is 14.9. The van der Waals surface area contributed by atoms with Crippen LogP contribution in [-0.4, -0.2) is 25.2 Å². The molecule has 0 aromatic rings. The largest absolute Gasteiger partial charge is 0.317 e. The van der Waals surface area contributed by atoms with E-state index in [0.717, 1.165) is 23.9 Å². The van der Waals surface area contributed by atoms with Gasteiger partial charge in [-0.05, 0) is 69.9 Å². The van der Waals surface area contributed by atoms with Gasteiger partial charge in [-0.2, -0.15) is 0 Å². The lowest BCUT2D eigenvalue weighted by molar-refractivity contribution is 0.241. The lowest BCUT2D eigenvalue weighted by Crippen LogP contribution is -2.38. The highest BCUT2D eigenvalue weighted by Gasteiger charge is 2.21. The van der Waals surface area contributed by atoms with Gasteiger partial charge in [0, 0.05) is 12.1 Å². The Morgan fingerprint density at radius 3 is 1.91 bits per heavy atom. The van der Waals surface area contributed by atoms with Crippen molar-refractivity contribution < 1.29 is 0 Å². The van der Waals surface area contributed by atoms with E-state index >= 15 is 0 Å². The molecule has 2 rings (SSSR count). The molecule has 196 valence electrons. The van der Waals surface area contributed by atoms with Crippen LogP contribution in [0.3, 0.4) is 0 Å². The van der Waals surface area contributed by atoms with Crippen molar-refractivity contribution in [3.63, 3.8) is 0 Å². The Balaban J connectivity index is 1.81. The number of unbranched alkanes of at least 4 members (excludes halogenated alkanes) is 1. The van der Waals surface area contributed by atoms with Gasteiger partial charge in [0.05, 0.1) is 0 Å². The molecule has 0 aromatic carbocycles. The summed E-state index contributed by atoms with van der Waals surface area (Å²) >= 11 is 0. The second-order valence-electron chi connectivity index (χ2n) is 11.7. The third-order valence-electron chi connectivity index (χ3n) is 8.91. The Hall–Kier alpha value is -0.0800. The van der Waals surface area contributed by atoms with E-state index in [1.54, 1.807) is 0 Å². The van der Waals surface area contributed by atoms with Crippen LogP contribution in [0.25, 0.3) is 0 Å². The van der Waals surface area contributed by atoms with Gasteiger partial charge in [-0.1, -0.05) is 117 Å². The normalized spacial score (nSPS) is 25.1. The molecule has 1 unspecified atom stereocenters. The topological polar surface area (TPSA) is 24.1 Å². The molecule has 3 atom stereocenters. The fourth-order valence-corrected chi connectivity index (χ4v) is 6.71. The Bertz CT molecular complexity index is 401. The fraction of sp³-hybridized carbons (Fsp3) is 1.00. The number of hydrogen-bond donors (Lipinski definition) is 2. The van der Waals surface area contributed by atoms with Crippen LogP contribution < -0.4 is 10.6 Å². The van der Waals surface area contributed by atoms with Crippen LogP contribution >= 0.6 is 0 Å². The maximum atomic E-state index is 4.22. The molecule has 1 saturated heterocycles. The molecule has 0 bridgehead atoms. The van der Waals surface area contributed by atoms with Crippen LogP contribution in [0.15, 0.2) is 0 Å². The minimum atomic E-state index is 0.769. The van der Waals surface area contributed by atoms with Gasteiger partial charge in [-0.15, -0.1) is 0 Å². The first-order valence-electron chi connectivity index (χ1n) is 15.8. The van der Waals surface area contributed by atoms with Gasteiger partial charge in [0.25, 0.3) is 0 Å². The average molecular weight is 463 g/mol. The molecule has 0 amide bonds. The molecule has 2 heteroatoms. The number of rotatable bonds is 11. The minimum Gasteiger partial charge on any atom is -0.317 e. The standard InChI is InChI=1S/C31H62N2/c1-3-5-22-30(33-31-23-14-10-8-6-7-9-11-15-24-31)25-17-20-28(4-2)29-19-13-12-16-26-32-27-18-21-29/h28-33H,3-27H2,1-2H3/t28-,29?,30+/m0/s1. The third kappa shape index (κ3) is 14.2. The predicted molar refractivity (Wildman–Crippen MR) is 148 cm³/mol. The highest BCUT2D eigenvalue weighted by Crippen LogP contribution is 2.31. The Morgan fingerprint density at radius 1 is 0.636 bits per heavy atom. The summed E-state index contributed by atoms with van der Waals surface area (Å²) in [5.74, 6) is 1.95. The molecule has 2 fully saturated rings. The predicted octanol–water partition coefficient (Wildman–Crippen LogP) is 9.17. The molecule has 1 aliphatic carbocycles. The van der Waals surface area contributed by atoms with Gasteiger partial charge in [-0.3, -0.25) is 0 Å². The van der Waals surface area contributed by atoms with E-state index in [2.05, 4.69) is 24.5 Å². The number of hydrogen-bond acceptors (Lipinski definition) is 2. The SMILES string of the molecule is CCCC[C@H](CCC[C@H](CC)C1CCCCCNCCC1)NC1CCCCCCCCCC1. The van der Waals surface area contributed by atoms with E-state index < -0.39 is 0 Å². The maximum Gasteiger partial charge on any atom is 0.00696 e. The van der Waals surface area contributed by atoms with Crippen LogP contribution in [0.2, 0.25) is 0 Å². The first-order chi connectivity index (χ1) is 16.3. The summed E-state index contributed by atoms with van der Waals surface area (Å²) in [6.45, 7) is 7.33. The highest BCUT2D eigenvalue weighted by molar-refractivity contribution is 4.78. The zero-order valence-corrected chi connectivity index (χ0v) is 23.0. The van der Waals surface area contributed by atoms with Crippen LogP contribution in [0, 0.1) is 11.8 Å². The lowest BCUT2D eigenvalue weighted by Gasteiger charge is -2.29. The molecule has 0 aromatic heterocycles. The average Bonchev–Trinajstić information content (AvgIpc) is 2.90. The summed E-state index contributed by atoms with van der Waals surface area (Å²) in [5.41, 5.74) is 0. The quantitative estimate of drug-likeness (QED) is 0.320. The van der Waals surface area contributed by atoms with Crippen LogP contribution in [0.1, 0.15) is 162 Å². The Labute approximate surface area is 209 Å². The summed E-state index contributed by atoms with van der Waals surface area (Å²) in [6, 6.07) is 1.56. The van der Waals surface area contributed by atoms with Crippen molar-refractivity contribution in [1.82, 2.24) is 10.6 Å². The van der Waals surface area contributed by atoms with Gasteiger partial charge in [0.15, 0.2) is 0 Å². The van der Waals surface area contributed by atoms with Crippen molar-refractivity contribution in [2.75, 3.05) is 13.1 Å². The summed E-state index contributed by atoms with van der Waals surface area (Å²) in [5, 5.41) is 7.88. The molecule has 2 nitrogen and oxygen atoms in total. The van der Waals surface area contributed by atoms with Crippen LogP contribution in [0.4, 0.5) is 0 Å². The Kier molecular flexibility index (Phi) is 17.8. The second kappa shape index (κ2) is 20.1. The first-order valence-corrected chi connectivity index (χ1v) is 15.8. The first kappa shape index (κ1) is 29.2. The molecule has 1 heterocycles. The van der Waals surface area contributed by atoms with E-state index in [1.807, 2.05) is 0 Å². The molecule has 1 aliphatic heterocycles. The molecule has 0 radical (unpaired) electrons. The summed E-state index contributed by atoms with van der Waals surface area (Å²) in [4.78, 5) is 0. The maximum absolute atomic E-state index is 4.22. The minimum absolute atomic E-state index is 0.769. The van der Waals surface area contributed by atoms with Crippen LogP contribution in [-0.2, 0) is 0 Å². The van der Waals surface area contributed by atoms with Crippen molar-refractivity contribution >= 4 is 0 Å². The van der Waals surface area contributed by atoms with Gasteiger partial charge >= 0.3 is 0 Å². The zero-order valence-electron chi connectivity index (χ0n) is 23.0. The lowest BCUT2D eigenvalue weighted by atomic mass is 9.79. The molecule has 2 N–H and O–H groups in total. The molecule has 1 saturated carbocycles. The molecular formula is C31H62N2. The summed E-state index contributed by atoms with van der Waals surface area (Å²) in [7, 11) is 0. The van der Waals surface area contributed by atoms with Gasteiger partial charge in [0.1, 0.15) is 0 Å². The molecule has 33 heavy (non-hydrogen) atoms. The summed E-state index contributed by atoms with van der Waals surface area (Å²) < 4.78 is 0. The van der Waals surface area contributed by atoms with E-state index in [9.17, 15) is 0 Å². The van der Waals surface area contributed by atoms with E-state index in [-0.39, 0.29) is 0 Å². The molecule has 0 spiro atoms. The van der Waals surface area contributed by atoms with Gasteiger partial charge < -0.3 is 10.6 Å². The van der Waals surface area contributed by atoms with E-state index in [1.165, 1.54) is 161 Å². The van der Waals surface area contributed by atoms with E-state index in [4.69, 9.17) is 0 Å². The van der Waals surface area contributed by atoms with Gasteiger partial charge in [0.2, 0.25) is 0 Å². The van der Waals surface area contributed by atoms with Crippen LogP contribution in [0.5, 0.6) is 0 Å². The van der Waals surface area contributed by atoms with Crippen molar-refractivity contribution in [2.45, 2.75) is 174 Å². The zero-order chi connectivity index (χ0) is 23.4.